The Bertz CT molecular complexity index is 1220. The summed E-state index contributed by atoms with van der Waals surface area (Å²) in [4.78, 5) is 49.2. The van der Waals surface area contributed by atoms with Crippen molar-refractivity contribution < 1.29 is 24.2 Å². The van der Waals surface area contributed by atoms with Crippen LogP contribution < -0.4 is 0 Å². The molecule has 3 aliphatic rings. The van der Waals surface area contributed by atoms with E-state index in [9.17, 15) is 19.5 Å². The molecular formula is C37H55N3O5. The molecule has 1 aromatic carbocycles. The first-order valence-electron chi connectivity index (χ1n) is 16.8. The molecule has 1 aromatic rings. The van der Waals surface area contributed by atoms with Gasteiger partial charge in [-0.05, 0) is 56.9 Å². The Hall–Kier alpha value is -2.97. The fourth-order valence-electron chi connectivity index (χ4n) is 8.41. The zero-order valence-electron chi connectivity index (χ0n) is 28.2. The molecule has 8 nitrogen and oxygen atoms in total. The fourth-order valence-corrected chi connectivity index (χ4v) is 8.41. The third-order valence-electron chi connectivity index (χ3n) is 9.78. The minimum atomic E-state index is -1.05. The number of hydrogen-bond donors (Lipinski definition) is 1. The monoisotopic (exact) mass is 621 g/mol. The number of amides is 3. The van der Waals surface area contributed by atoms with Gasteiger partial charge in [-0.15, -0.1) is 13.2 Å². The molecule has 3 aliphatic heterocycles. The molecule has 0 saturated carbocycles. The fraction of sp³-hybridized carbons (Fsp3) is 0.649. The quantitative estimate of drug-likeness (QED) is 0.198. The first-order chi connectivity index (χ1) is 21.3. The average Bonchev–Trinajstić information content (AvgIpc) is 3.61. The summed E-state index contributed by atoms with van der Waals surface area (Å²) in [5, 5.41) is 9.26. The number of aliphatic hydroxyl groups excluding tert-OH is 1. The first-order valence-corrected chi connectivity index (χ1v) is 16.8. The number of likely N-dealkylation sites (tertiary alicyclic amines) is 1. The number of carbonyl (C=O) groups is 3. The van der Waals surface area contributed by atoms with Gasteiger partial charge >= 0.3 is 0 Å². The second-order valence-corrected chi connectivity index (χ2v) is 15.0. The topological polar surface area (TPSA) is 90.4 Å². The highest BCUT2D eigenvalue weighted by molar-refractivity contribution is 5.99. The predicted octanol–water partition coefficient (Wildman–Crippen LogP) is 5.36. The van der Waals surface area contributed by atoms with Crippen LogP contribution in [-0.2, 0) is 25.7 Å². The third-order valence-corrected chi connectivity index (χ3v) is 9.78. The maximum atomic E-state index is 14.9. The van der Waals surface area contributed by atoms with E-state index in [4.69, 9.17) is 4.74 Å². The van der Waals surface area contributed by atoms with Crippen molar-refractivity contribution in [2.45, 2.75) is 109 Å². The lowest BCUT2D eigenvalue weighted by atomic mass is 9.70. The van der Waals surface area contributed by atoms with Crippen molar-refractivity contribution in [1.82, 2.24) is 14.7 Å². The molecule has 248 valence electrons. The van der Waals surface area contributed by atoms with Gasteiger partial charge in [0.05, 0.1) is 17.9 Å². The molecule has 4 rings (SSSR count). The Morgan fingerprint density at radius 1 is 1.02 bits per heavy atom. The van der Waals surface area contributed by atoms with Crippen LogP contribution in [0.3, 0.4) is 0 Å². The van der Waals surface area contributed by atoms with E-state index in [1.807, 2.05) is 35.2 Å². The van der Waals surface area contributed by atoms with Crippen molar-refractivity contribution in [2.24, 2.45) is 17.3 Å². The average molecular weight is 622 g/mol. The molecule has 0 aromatic heterocycles. The number of fused-ring (bicyclic) bond motifs is 1. The van der Waals surface area contributed by atoms with E-state index < -0.39 is 35.1 Å². The van der Waals surface area contributed by atoms with Crippen LogP contribution >= 0.6 is 0 Å². The van der Waals surface area contributed by atoms with Crippen LogP contribution in [0.4, 0.5) is 0 Å². The predicted molar refractivity (Wildman–Crippen MR) is 177 cm³/mol. The molecule has 3 heterocycles. The van der Waals surface area contributed by atoms with E-state index >= 15 is 0 Å². The van der Waals surface area contributed by atoms with Gasteiger partial charge in [-0.3, -0.25) is 14.4 Å². The molecule has 3 fully saturated rings. The van der Waals surface area contributed by atoms with Gasteiger partial charge in [0, 0.05) is 38.3 Å². The summed E-state index contributed by atoms with van der Waals surface area (Å²) < 4.78 is 6.78. The Labute approximate surface area is 270 Å². The summed E-state index contributed by atoms with van der Waals surface area (Å²) >= 11 is 0. The standard InChI is InChI=1S/C37H55N3O5/c1-8-21-38(25-27-17-13-12-14-18-27)32(42)29-28-19-20-37(45-28)30(29)33(43)39(23-15-10-11-16-24-41)31(37)34(44)40(22-9-2)36(6,7)26-35(3,4)5/h8-9,12-14,17-18,28-31,41H,1-2,10-11,15-16,19-26H2,3-7H3/t28-,29+,30-,31?,37?/m0/s1. The molecular weight excluding hydrogens is 566 g/mol. The van der Waals surface area contributed by atoms with Gasteiger partial charge in [-0.1, -0.05) is 76.1 Å². The Kier molecular flexibility index (Phi) is 11.0. The van der Waals surface area contributed by atoms with E-state index in [0.29, 0.717) is 51.9 Å². The van der Waals surface area contributed by atoms with Crippen molar-refractivity contribution in [3.05, 3.63) is 61.2 Å². The van der Waals surface area contributed by atoms with Crippen LogP contribution in [0.2, 0.25) is 0 Å². The minimum Gasteiger partial charge on any atom is -0.396 e. The van der Waals surface area contributed by atoms with Crippen LogP contribution in [0.1, 0.15) is 85.1 Å². The van der Waals surface area contributed by atoms with Gasteiger partial charge in [0.15, 0.2) is 0 Å². The molecule has 3 amide bonds. The summed E-state index contributed by atoms with van der Waals surface area (Å²) in [6.07, 6.45) is 8.13. The van der Waals surface area contributed by atoms with Crippen molar-refractivity contribution >= 4 is 17.7 Å². The lowest BCUT2D eigenvalue weighted by Gasteiger charge is -2.45. The van der Waals surface area contributed by atoms with Gasteiger partial charge in [0.1, 0.15) is 11.6 Å². The second kappa shape index (κ2) is 14.2. The van der Waals surface area contributed by atoms with Gasteiger partial charge in [0.25, 0.3) is 0 Å². The van der Waals surface area contributed by atoms with Gasteiger partial charge < -0.3 is 24.5 Å². The lowest BCUT2D eigenvalue weighted by molar-refractivity contribution is -0.153. The highest BCUT2D eigenvalue weighted by Crippen LogP contribution is 2.59. The summed E-state index contributed by atoms with van der Waals surface area (Å²) in [5.41, 5.74) is -0.581. The maximum Gasteiger partial charge on any atom is 0.249 e. The number of ether oxygens (including phenoxy) is 1. The van der Waals surface area contributed by atoms with Crippen LogP contribution in [0.15, 0.2) is 55.6 Å². The first kappa shape index (κ1) is 34.9. The zero-order chi connectivity index (χ0) is 33.0. The summed E-state index contributed by atoms with van der Waals surface area (Å²) in [6, 6.07) is 9.02. The Morgan fingerprint density at radius 3 is 2.31 bits per heavy atom. The molecule has 2 bridgehead atoms. The van der Waals surface area contributed by atoms with Crippen LogP contribution in [0.5, 0.6) is 0 Å². The second-order valence-electron chi connectivity index (χ2n) is 15.0. The molecule has 3 saturated heterocycles. The van der Waals surface area contributed by atoms with E-state index in [1.165, 1.54) is 0 Å². The highest BCUT2D eigenvalue weighted by atomic mass is 16.5. The summed E-state index contributed by atoms with van der Waals surface area (Å²) in [5.74, 6) is -1.76. The lowest BCUT2D eigenvalue weighted by Crippen LogP contribution is -2.61. The summed E-state index contributed by atoms with van der Waals surface area (Å²) in [6.45, 7) is 20.2. The van der Waals surface area contributed by atoms with E-state index in [0.717, 1.165) is 24.8 Å². The third kappa shape index (κ3) is 7.22. The molecule has 8 heteroatoms. The van der Waals surface area contributed by atoms with Gasteiger partial charge in [-0.2, -0.15) is 0 Å². The van der Waals surface area contributed by atoms with Crippen LogP contribution in [-0.4, -0.2) is 87.1 Å². The normalized spacial score (nSPS) is 25.7. The largest absolute Gasteiger partial charge is 0.396 e. The van der Waals surface area contributed by atoms with E-state index in [1.54, 1.807) is 22.0 Å². The van der Waals surface area contributed by atoms with E-state index in [2.05, 4.69) is 47.8 Å². The number of unbranched alkanes of at least 4 members (excludes halogenated alkanes) is 3. The van der Waals surface area contributed by atoms with Crippen molar-refractivity contribution in [2.75, 3.05) is 26.2 Å². The number of hydrogen-bond acceptors (Lipinski definition) is 5. The number of carbonyl (C=O) groups excluding carboxylic acids is 3. The Morgan fingerprint density at radius 2 is 1.69 bits per heavy atom. The molecule has 0 aliphatic carbocycles. The van der Waals surface area contributed by atoms with Crippen LogP contribution in [0, 0.1) is 17.3 Å². The number of nitrogens with zero attached hydrogens (tertiary/aromatic N) is 3. The van der Waals surface area contributed by atoms with E-state index in [-0.39, 0.29) is 29.7 Å². The SMILES string of the molecule is C=CCN(Cc1ccccc1)C(=O)[C@@H]1[C@@H]2CCC3(O2)C(C(=O)N(CC=C)C(C)(C)CC(C)(C)C)N(CCCCCCO)C(=O)[C@H]13. The molecule has 5 atom stereocenters. The molecule has 0 radical (unpaired) electrons. The van der Waals surface area contributed by atoms with Crippen LogP contribution in [0.25, 0.3) is 0 Å². The van der Waals surface area contributed by atoms with Gasteiger partial charge in [-0.25, -0.2) is 0 Å². The molecule has 2 unspecified atom stereocenters. The zero-order valence-corrected chi connectivity index (χ0v) is 28.2. The highest BCUT2D eigenvalue weighted by Gasteiger charge is 2.75. The molecule has 1 N–H and O–H groups in total. The number of aliphatic hydroxyl groups is 1. The number of rotatable bonds is 16. The number of benzene rings is 1. The Balaban J connectivity index is 1.71. The minimum absolute atomic E-state index is 0.0326. The van der Waals surface area contributed by atoms with Crippen molar-refractivity contribution in [1.29, 1.82) is 0 Å². The molecule has 1 spiro atoms. The smallest absolute Gasteiger partial charge is 0.249 e. The summed E-state index contributed by atoms with van der Waals surface area (Å²) in [7, 11) is 0. The maximum absolute atomic E-state index is 14.9. The van der Waals surface area contributed by atoms with Crippen molar-refractivity contribution in [3.8, 4) is 0 Å². The molecule has 45 heavy (non-hydrogen) atoms. The van der Waals surface area contributed by atoms with Gasteiger partial charge in [0.2, 0.25) is 17.7 Å². The van der Waals surface area contributed by atoms with Crippen molar-refractivity contribution in [3.63, 3.8) is 0 Å².